The Labute approximate surface area is 89.5 Å². The fourth-order valence-corrected chi connectivity index (χ4v) is 2.97. The van der Waals surface area contributed by atoms with Crippen LogP contribution in [0.1, 0.15) is 65.2 Å². The van der Waals surface area contributed by atoms with E-state index in [9.17, 15) is 0 Å². The molecule has 1 heteroatoms. The monoisotopic (exact) mass is 197 g/mol. The maximum absolute atomic E-state index is 6.10. The van der Waals surface area contributed by atoms with Gasteiger partial charge in [0, 0.05) is 6.04 Å². The van der Waals surface area contributed by atoms with Gasteiger partial charge in [0.25, 0.3) is 0 Å². The lowest BCUT2D eigenvalue weighted by Gasteiger charge is -2.29. The summed E-state index contributed by atoms with van der Waals surface area (Å²) in [7, 11) is 0. The first-order valence-electron chi connectivity index (χ1n) is 6.51. The lowest BCUT2D eigenvalue weighted by molar-refractivity contribution is 0.248. The zero-order valence-corrected chi connectivity index (χ0v) is 9.97. The second-order valence-corrected chi connectivity index (χ2v) is 5.04. The van der Waals surface area contributed by atoms with Crippen molar-refractivity contribution in [3.8, 4) is 0 Å². The van der Waals surface area contributed by atoms with Crippen LogP contribution in [-0.4, -0.2) is 6.04 Å². The molecule has 1 fully saturated rings. The third-order valence-corrected chi connectivity index (χ3v) is 3.92. The fraction of sp³-hybridized carbons (Fsp3) is 1.00. The highest BCUT2D eigenvalue weighted by atomic mass is 14.6. The molecule has 0 aromatic rings. The summed E-state index contributed by atoms with van der Waals surface area (Å²) in [6, 6.07) is 0.401. The number of rotatable bonds is 2. The Bertz CT molecular complexity index is 142. The van der Waals surface area contributed by atoms with Crippen LogP contribution in [0.5, 0.6) is 0 Å². The van der Waals surface area contributed by atoms with Crippen molar-refractivity contribution in [3.63, 3.8) is 0 Å². The van der Waals surface area contributed by atoms with Gasteiger partial charge in [0.05, 0.1) is 0 Å². The third-order valence-electron chi connectivity index (χ3n) is 3.92. The lowest BCUT2D eigenvalue weighted by Crippen LogP contribution is -2.32. The zero-order chi connectivity index (χ0) is 10.4. The van der Waals surface area contributed by atoms with Crippen LogP contribution in [0.2, 0.25) is 0 Å². The quantitative estimate of drug-likeness (QED) is 0.717. The van der Waals surface area contributed by atoms with E-state index < -0.39 is 0 Å². The van der Waals surface area contributed by atoms with E-state index in [2.05, 4.69) is 13.8 Å². The predicted octanol–water partition coefficient (Wildman–Crippen LogP) is 3.72. The molecule has 0 amide bonds. The maximum Gasteiger partial charge on any atom is 0.00414 e. The highest BCUT2D eigenvalue weighted by molar-refractivity contribution is 4.77. The van der Waals surface area contributed by atoms with E-state index in [0.29, 0.717) is 6.04 Å². The summed E-state index contributed by atoms with van der Waals surface area (Å²) in [6.07, 6.45) is 11.3. The van der Waals surface area contributed by atoms with Crippen LogP contribution >= 0.6 is 0 Å². The molecule has 3 atom stereocenters. The molecule has 1 saturated carbocycles. The minimum atomic E-state index is 0.401. The molecule has 14 heavy (non-hydrogen) atoms. The van der Waals surface area contributed by atoms with Gasteiger partial charge in [-0.05, 0) is 25.2 Å². The van der Waals surface area contributed by atoms with Gasteiger partial charge >= 0.3 is 0 Å². The molecule has 0 radical (unpaired) electrons. The van der Waals surface area contributed by atoms with E-state index in [1.807, 2.05) is 0 Å². The van der Waals surface area contributed by atoms with Crippen molar-refractivity contribution in [1.82, 2.24) is 0 Å². The molecule has 84 valence electrons. The summed E-state index contributed by atoms with van der Waals surface area (Å²) >= 11 is 0. The summed E-state index contributed by atoms with van der Waals surface area (Å²) in [4.78, 5) is 0. The zero-order valence-electron chi connectivity index (χ0n) is 9.97. The standard InChI is InChI=1S/C13H27N/c1-3-12-9-7-5-4-6-8-10-13(12)11(2)14/h11-13H,3-10,14H2,1-2H3/t11?,12-,13?/m0/s1. The number of nitrogens with two attached hydrogens (primary N) is 1. The van der Waals surface area contributed by atoms with Crippen molar-refractivity contribution in [2.45, 2.75) is 71.3 Å². The molecule has 1 aliphatic carbocycles. The predicted molar refractivity (Wildman–Crippen MR) is 63.2 cm³/mol. The van der Waals surface area contributed by atoms with Crippen LogP contribution < -0.4 is 5.73 Å². The molecule has 0 aromatic heterocycles. The number of hydrogen-bond donors (Lipinski definition) is 1. The van der Waals surface area contributed by atoms with Gasteiger partial charge in [-0.3, -0.25) is 0 Å². The van der Waals surface area contributed by atoms with E-state index in [0.717, 1.165) is 11.8 Å². The van der Waals surface area contributed by atoms with Crippen molar-refractivity contribution < 1.29 is 0 Å². The topological polar surface area (TPSA) is 26.0 Å². The van der Waals surface area contributed by atoms with Crippen LogP contribution in [-0.2, 0) is 0 Å². The van der Waals surface area contributed by atoms with Crippen LogP contribution in [0.15, 0.2) is 0 Å². The van der Waals surface area contributed by atoms with E-state index in [4.69, 9.17) is 5.73 Å². The minimum absolute atomic E-state index is 0.401. The first kappa shape index (κ1) is 12.0. The van der Waals surface area contributed by atoms with E-state index in [1.54, 1.807) is 0 Å². The Morgan fingerprint density at radius 1 is 1.07 bits per heavy atom. The second kappa shape index (κ2) is 6.44. The third kappa shape index (κ3) is 3.61. The van der Waals surface area contributed by atoms with Gasteiger partial charge in [-0.1, -0.05) is 51.9 Å². The SMILES string of the molecule is CC[C@H]1CCCCCCCC1C(C)N. The fourth-order valence-electron chi connectivity index (χ4n) is 2.97. The number of hydrogen-bond acceptors (Lipinski definition) is 1. The first-order valence-corrected chi connectivity index (χ1v) is 6.51. The molecule has 0 aliphatic heterocycles. The summed E-state index contributed by atoms with van der Waals surface area (Å²) < 4.78 is 0. The van der Waals surface area contributed by atoms with Crippen molar-refractivity contribution in [2.24, 2.45) is 17.6 Å². The van der Waals surface area contributed by atoms with Crippen LogP contribution in [0.25, 0.3) is 0 Å². The second-order valence-electron chi connectivity index (χ2n) is 5.04. The molecule has 0 heterocycles. The van der Waals surface area contributed by atoms with Crippen molar-refractivity contribution in [3.05, 3.63) is 0 Å². The molecular weight excluding hydrogens is 170 g/mol. The van der Waals surface area contributed by atoms with Gasteiger partial charge in [-0.25, -0.2) is 0 Å². The molecule has 0 saturated heterocycles. The van der Waals surface area contributed by atoms with Gasteiger partial charge in [0.1, 0.15) is 0 Å². The largest absolute Gasteiger partial charge is 0.328 e. The van der Waals surface area contributed by atoms with Crippen LogP contribution in [0.3, 0.4) is 0 Å². The highest BCUT2D eigenvalue weighted by Crippen LogP contribution is 2.31. The summed E-state index contributed by atoms with van der Waals surface area (Å²) in [5.41, 5.74) is 6.10. The van der Waals surface area contributed by atoms with E-state index in [1.165, 1.54) is 51.4 Å². The Morgan fingerprint density at radius 2 is 1.64 bits per heavy atom. The van der Waals surface area contributed by atoms with Gasteiger partial charge in [-0.15, -0.1) is 0 Å². The van der Waals surface area contributed by atoms with E-state index in [-0.39, 0.29) is 0 Å². The van der Waals surface area contributed by atoms with Crippen molar-refractivity contribution >= 4 is 0 Å². The Kier molecular flexibility index (Phi) is 5.54. The molecular formula is C13H27N. The lowest BCUT2D eigenvalue weighted by atomic mass is 9.80. The smallest absolute Gasteiger partial charge is 0.00414 e. The summed E-state index contributed by atoms with van der Waals surface area (Å²) in [5.74, 6) is 1.69. The van der Waals surface area contributed by atoms with Crippen molar-refractivity contribution in [2.75, 3.05) is 0 Å². The molecule has 0 spiro atoms. The minimum Gasteiger partial charge on any atom is -0.328 e. The van der Waals surface area contributed by atoms with Crippen LogP contribution in [0, 0.1) is 11.8 Å². The average Bonchev–Trinajstić information content (AvgIpc) is 2.27. The highest BCUT2D eigenvalue weighted by Gasteiger charge is 2.23. The molecule has 1 rings (SSSR count). The van der Waals surface area contributed by atoms with Gasteiger partial charge < -0.3 is 5.73 Å². The van der Waals surface area contributed by atoms with Crippen LogP contribution in [0.4, 0.5) is 0 Å². The normalized spacial score (nSPS) is 32.8. The summed E-state index contributed by atoms with van der Waals surface area (Å²) in [6.45, 7) is 4.53. The molecule has 2 unspecified atom stereocenters. The molecule has 0 bridgehead atoms. The summed E-state index contributed by atoms with van der Waals surface area (Å²) in [5, 5.41) is 0. The molecule has 0 aromatic carbocycles. The maximum atomic E-state index is 6.10. The first-order chi connectivity index (χ1) is 6.75. The van der Waals surface area contributed by atoms with Gasteiger partial charge in [0.2, 0.25) is 0 Å². The van der Waals surface area contributed by atoms with Gasteiger partial charge in [0.15, 0.2) is 0 Å². The molecule has 1 aliphatic rings. The van der Waals surface area contributed by atoms with Crippen molar-refractivity contribution in [1.29, 1.82) is 0 Å². The van der Waals surface area contributed by atoms with E-state index >= 15 is 0 Å². The average molecular weight is 197 g/mol. The van der Waals surface area contributed by atoms with Gasteiger partial charge in [-0.2, -0.15) is 0 Å². The Morgan fingerprint density at radius 3 is 2.21 bits per heavy atom. The Balaban J connectivity index is 2.53. The molecule has 2 N–H and O–H groups in total. The molecule has 1 nitrogen and oxygen atoms in total. The Hall–Kier alpha value is -0.0400.